The first-order valence-electron chi connectivity index (χ1n) is 8.85. The van der Waals surface area contributed by atoms with Crippen LogP contribution in [0.15, 0.2) is 4.76 Å². The van der Waals surface area contributed by atoms with E-state index in [1.54, 1.807) is 0 Å². The first-order chi connectivity index (χ1) is 11.7. The fourth-order valence-electron chi connectivity index (χ4n) is 3.96. The second kappa shape index (κ2) is 8.14. The molecule has 1 aliphatic rings. The molecule has 7 nitrogen and oxygen atoms in total. The Labute approximate surface area is 167 Å². The normalized spacial score (nSPS) is 24.7. The Morgan fingerprint density at radius 2 is 1.19 bits per heavy atom. The Bertz CT molecular complexity index is 502. The second-order valence-corrected chi connectivity index (χ2v) is 16.7. The van der Waals surface area contributed by atoms with Crippen LogP contribution in [0.1, 0.15) is 6.42 Å². The van der Waals surface area contributed by atoms with Gasteiger partial charge in [-0.2, -0.15) is 0 Å². The van der Waals surface area contributed by atoms with Crippen molar-refractivity contribution in [3.8, 4) is 0 Å². The first-order valence-corrected chi connectivity index (χ1v) is 13.3. The maximum absolute atomic E-state index is 7.56. The monoisotopic (exact) mass is 427 g/mol. The molecule has 26 heavy (non-hydrogen) atoms. The van der Waals surface area contributed by atoms with E-state index in [1.807, 2.05) is 42.3 Å². The molecule has 0 radical (unpaired) electrons. The predicted molar refractivity (Wildman–Crippen MR) is 121 cm³/mol. The molecule has 1 rings (SSSR count). The van der Waals surface area contributed by atoms with E-state index in [2.05, 4.69) is 70.8 Å². The Morgan fingerprint density at radius 3 is 1.46 bits per heavy atom. The van der Waals surface area contributed by atoms with Crippen molar-refractivity contribution in [3.63, 3.8) is 0 Å². The van der Waals surface area contributed by atoms with Crippen LogP contribution in [0.2, 0.25) is 0 Å². The van der Waals surface area contributed by atoms with E-state index in [0.29, 0.717) is 0 Å². The van der Waals surface area contributed by atoms with Gasteiger partial charge in [-0.05, 0) is 0 Å². The Balaban J connectivity index is 3.90. The van der Waals surface area contributed by atoms with Gasteiger partial charge in [0.1, 0.15) is 0 Å². The molecule has 0 aromatic rings. The van der Waals surface area contributed by atoms with Crippen LogP contribution in [0, 0.1) is 0 Å². The summed E-state index contributed by atoms with van der Waals surface area (Å²) in [4.78, 5) is 4.60. The number of hydrogen-bond acceptors (Lipinski definition) is 7. The van der Waals surface area contributed by atoms with Crippen LogP contribution in [0.5, 0.6) is 0 Å². The van der Waals surface area contributed by atoms with Crippen LogP contribution in [-0.2, 0) is 0 Å². The SMILES string of the molecule is CN(C)P1CCC(N(C)C)(N(C)C)C1=NP(Cl)(N(C)C)(N(C)C)N(C)C. The van der Waals surface area contributed by atoms with E-state index in [0.717, 1.165) is 12.6 Å². The van der Waals surface area contributed by atoms with E-state index >= 15 is 0 Å². The molecule has 0 bridgehead atoms. The third-order valence-corrected chi connectivity index (χ3v) is 15.9. The zero-order valence-electron chi connectivity index (χ0n) is 18.8. The van der Waals surface area contributed by atoms with Gasteiger partial charge in [0.15, 0.2) is 0 Å². The third kappa shape index (κ3) is 3.49. The van der Waals surface area contributed by atoms with Crippen LogP contribution in [0.3, 0.4) is 0 Å². The van der Waals surface area contributed by atoms with Crippen molar-refractivity contribution in [3.05, 3.63) is 0 Å². The Morgan fingerprint density at radius 1 is 0.808 bits per heavy atom. The average molecular weight is 428 g/mol. The number of rotatable bonds is 7. The van der Waals surface area contributed by atoms with E-state index in [1.165, 1.54) is 5.45 Å². The molecule has 0 aliphatic carbocycles. The molecule has 156 valence electrons. The third-order valence-electron chi connectivity index (χ3n) is 5.57. The predicted octanol–water partition coefficient (Wildman–Crippen LogP) is 2.62. The summed E-state index contributed by atoms with van der Waals surface area (Å²) in [5, 5.41) is 0. The molecule has 1 atom stereocenters. The van der Waals surface area contributed by atoms with Crippen molar-refractivity contribution in [1.82, 2.24) is 28.5 Å². The van der Waals surface area contributed by atoms with Crippen molar-refractivity contribution in [2.75, 3.05) is 90.7 Å². The van der Waals surface area contributed by atoms with Crippen molar-refractivity contribution in [2.45, 2.75) is 12.1 Å². The molecule has 1 aliphatic heterocycles. The summed E-state index contributed by atoms with van der Waals surface area (Å²) in [5.74, 6) is 0. The molecule has 1 fully saturated rings. The Kier molecular flexibility index (Phi) is 7.70. The molecule has 0 saturated carbocycles. The Hall–Kier alpha value is 0.580. The average Bonchev–Trinajstić information content (AvgIpc) is 2.86. The molecule has 1 heterocycles. The maximum atomic E-state index is 7.56. The van der Waals surface area contributed by atoms with Gasteiger partial charge in [-0.25, -0.2) is 0 Å². The van der Waals surface area contributed by atoms with Gasteiger partial charge in [-0.15, -0.1) is 0 Å². The van der Waals surface area contributed by atoms with E-state index in [-0.39, 0.29) is 5.66 Å². The van der Waals surface area contributed by atoms with E-state index in [4.69, 9.17) is 16.0 Å². The first kappa shape index (κ1) is 24.6. The molecule has 1 unspecified atom stereocenters. The summed E-state index contributed by atoms with van der Waals surface area (Å²) in [6, 6.07) is 0. The molecule has 0 spiro atoms. The summed E-state index contributed by atoms with van der Waals surface area (Å²) in [6.45, 7) is -3.37. The quantitative estimate of drug-likeness (QED) is 0.458. The zero-order chi connectivity index (χ0) is 20.7. The molecule has 10 heteroatoms. The molecule has 0 N–H and O–H groups in total. The minimum absolute atomic E-state index is 0.226. The summed E-state index contributed by atoms with van der Waals surface area (Å²) < 4.78 is 14.2. The number of halogens is 1. The van der Waals surface area contributed by atoms with Gasteiger partial charge in [0.05, 0.1) is 0 Å². The molecule has 1 saturated heterocycles. The fraction of sp³-hybridized carbons (Fsp3) is 0.938. The summed E-state index contributed by atoms with van der Waals surface area (Å²) in [7, 11) is 24.6. The van der Waals surface area contributed by atoms with Gasteiger partial charge in [-0.1, -0.05) is 0 Å². The van der Waals surface area contributed by atoms with E-state index < -0.39 is 14.6 Å². The molecule has 0 aromatic carbocycles. The van der Waals surface area contributed by atoms with Gasteiger partial charge >= 0.3 is 167 Å². The van der Waals surface area contributed by atoms with Crippen LogP contribution < -0.4 is 0 Å². The molecular formula is C16H40ClN7P2. The zero-order valence-corrected chi connectivity index (χ0v) is 21.4. The van der Waals surface area contributed by atoms with Gasteiger partial charge < -0.3 is 0 Å². The van der Waals surface area contributed by atoms with Crippen LogP contribution >= 0.6 is 25.9 Å². The fourth-order valence-corrected chi connectivity index (χ4v) is 10.9. The topological polar surface area (TPSA) is 31.8 Å². The molecule has 0 aromatic heterocycles. The van der Waals surface area contributed by atoms with Crippen molar-refractivity contribution >= 4 is 31.3 Å². The van der Waals surface area contributed by atoms with Crippen molar-refractivity contribution < 1.29 is 0 Å². The number of hydrogen-bond donors (Lipinski definition) is 0. The van der Waals surface area contributed by atoms with Crippen LogP contribution in [0.25, 0.3) is 0 Å². The van der Waals surface area contributed by atoms with Crippen molar-refractivity contribution in [1.29, 1.82) is 0 Å². The molecule has 0 amide bonds. The number of nitrogens with zero attached hydrogens (tertiary/aromatic N) is 7. The van der Waals surface area contributed by atoms with Gasteiger partial charge in [0.2, 0.25) is 0 Å². The van der Waals surface area contributed by atoms with Crippen LogP contribution in [0.4, 0.5) is 0 Å². The van der Waals surface area contributed by atoms with Gasteiger partial charge in [0.25, 0.3) is 0 Å². The van der Waals surface area contributed by atoms with Gasteiger partial charge in [-0.3, -0.25) is 0 Å². The standard InChI is InChI=1S/C16H40ClN7P2/c1-19(2)16(20(3)4)13-14-25(21(5)6)15(16)18-26(17,22(7)8,23(9)10)24(11)12/h13-14H2,1-12H3. The van der Waals surface area contributed by atoms with Crippen molar-refractivity contribution in [2.24, 2.45) is 4.76 Å². The second-order valence-electron chi connectivity index (χ2n) is 8.13. The summed E-state index contributed by atoms with van der Waals surface area (Å²) in [5.41, 5.74) is 0.979. The van der Waals surface area contributed by atoms with E-state index in [9.17, 15) is 0 Å². The summed E-state index contributed by atoms with van der Waals surface area (Å²) in [6.07, 6.45) is 2.17. The van der Waals surface area contributed by atoms with Gasteiger partial charge in [0, 0.05) is 0 Å². The minimum atomic E-state index is -3.37. The summed E-state index contributed by atoms with van der Waals surface area (Å²) >= 11 is 7.56. The molecular weight excluding hydrogens is 388 g/mol. The van der Waals surface area contributed by atoms with Crippen LogP contribution in [-0.4, -0.2) is 130 Å².